The van der Waals surface area contributed by atoms with Crippen LogP contribution in [0.25, 0.3) is 0 Å². The van der Waals surface area contributed by atoms with E-state index in [1.165, 1.54) is 56.9 Å². The maximum atomic E-state index is 12.0. The molecule has 134 valence electrons. The van der Waals surface area contributed by atoms with Crippen molar-refractivity contribution < 1.29 is 14.7 Å². The molecule has 0 aliphatic carbocycles. The van der Waals surface area contributed by atoms with Crippen LogP contribution in [-0.2, 0) is 11.2 Å². The van der Waals surface area contributed by atoms with Crippen LogP contribution in [0.2, 0.25) is 0 Å². The molecule has 3 nitrogen and oxygen atoms in total. The molecule has 1 N–H and O–H groups in total. The highest BCUT2D eigenvalue weighted by atomic mass is 16.4. The minimum atomic E-state index is -0.922. The molecule has 0 fully saturated rings. The number of carboxylic acid groups (broad SMARTS) is 1. The predicted octanol–water partition coefficient (Wildman–Crippen LogP) is 5.66. The molecule has 0 saturated heterocycles. The minimum absolute atomic E-state index is 0.0622. The van der Waals surface area contributed by atoms with Gasteiger partial charge in [0, 0.05) is 12.0 Å². The standard InChI is InChI=1S/C21H32O3/c1-3-4-5-6-7-8-9-10-11-18-12-14-19(15-13-18)20(22)16-17(2)21(23)24/h12-15,17H,3-11,16H2,1-2H3,(H,23,24). The largest absolute Gasteiger partial charge is 0.481 e. The molecule has 0 amide bonds. The molecule has 3 heteroatoms. The van der Waals surface area contributed by atoms with Crippen molar-refractivity contribution >= 4 is 11.8 Å². The first-order chi connectivity index (χ1) is 11.5. The summed E-state index contributed by atoms with van der Waals surface area (Å²) in [5.41, 5.74) is 1.87. The van der Waals surface area contributed by atoms with E-state index in [0.29, 0.717) is 5.56 Å². The zero-order valence-electron chi connectivity index (χ0n) is 15.2. The lowest BCUT2D eigenvalue weighted by molar-refractivity contribution is -0.141. The van der Waals surface area contributed by atoms with Crippen molar-refractivity contribution in [3.63, 3.8) is 0 Å². The second kappa shape index (κ2) is 11.8. The molecule has 1 rings (SSSR count). The number of benzene rings is 1. The van der Waals surface area contributed by atoms with E-state index in [4.69, 9.17) is 5.11 Å². The first-order valence-electron chi connectivity index (χ1n) is 9.39. The van der Waals surface area contributed by atoms with E-state index >= 15 is 0 Å². The van der Waals surface area contributed by atoms with Gasteiger partial charge in [0.15, 0.2) is 5.78 Å². The van der Waals surface area contributed by atoms with Gasteiger partial charge in [0.2, 0.25) is 0 Å². The summed E-state index contributed by atoms with van der Waals surface area (Å²) in [7, 11) is 0. The Labute approximate surface area is 146 Å². The molecule has 0 aliphatic rings. The molecule has 1 aromatic carbocycles. The van der Waals surface area contributed by atoms with Crippen LogP contribution in [0.5, 0.6) is 0 Å². The van der Waals surface area contributed by atoms with Crippen molar-refractivity contribution in [1.29, 1.82) is 0 Å². The van der Waals surface area contributed by atoms with Gasteiger partial charge < -0.3 is 5.11 Å². The summed E-state index contributed by atoms with van der Waals surface area (Å²) in [5.74, 6) is -1.65. The maximum Gasteiger partial charge on any atom is 0.306 e. The number of ketones is 1. The maximum absolute atomic E-state index is 12.0. The molecule has 24 heavy (non-hydrogen) atoms. The van der Waals surface area contributed by atoms with Gasteiger partial charge in [0.1, 0.15) is 0 Å². The zero-order valence-corrected chi connectivity index (χ0v) is 15.2. The van der Waals surface area contributed by atoms with Gasteiger partial charge in [-0.25, -0.2) is 0 Å². The van der Waals surface area contributed by atoms with Crippen molar-refractivity contribution in [2.24, 2.45) is 5.92 Å². The van der Waals surface area contributed by atoms with Crippen molar-refractivity contribution in [3.05, 3.63) is 35.4 Å². The first kappa shape index (κ1) is 20.4. The van der Waals surface area contributed by atoms with E-state index in [2.05, 4.69) is 6.92 Å². The fraction of sp³-hybridized carbons (Fsp3) is 0.619. The van der Waals surface area contributed by atoms with Crippen molar-refractivity contribution in [3.8, 4) is 0 Å². The Balaban J connectivity index is 2.25. The van der Waals surface area contributed by atoms with Gasteiger partial charge in [-0.05, 0) is 18.4 Å². The second-order valence-electron chi connectivity index (χ2n) is 6.79. The number of aliphatic carboxylic acids is 1. The molecule has 0 bridgehead atoms. The Hall–Kier alpha value is -1.64. The number of aryl methyl sites for hydroxylation is 1. The van der Waals surface area contributed by atoms with Crippen molar-refractivity contribution in [2.75, 3.05) is 0 Å². The average Bonchev–Trinajstić information content (AvgIpc) is 2.57. The highest BCUT2D eigenvalue weighted by Gasteiger charge is 2.16. The fourth-order valence-electron chi connectivity index (χ4n) is 2.80. The third-order valence-electron chi connectivity index (χ3n) is 4.51. The summed E-state index contributed by atoms with van der Waals surface area (Å²) in [6.45, 7) is 3.81. The summed E-state index contributed by atoms with van der Waals surface area (Å²) in [6.07, 6.45) is 11.6. The topological polar surface area (TPSA) is 54.4 Å². The Morgan fingerprint density at radius 1 is 0.917 bits per heavy atom. The Morgan fingerprint density at radius 3 is 2.00 bits per heavy atom. The normalized spacial score (nSPS) is 12.1. The molecule has 1 atom stereocenters. The van der Waals surface area contributed by atoms with Crippen LogP contribution >= 0.6 is 0 Å². The molecular formula is C21H32O3. The van der Waals surface area contributed by atoms with Crippen molar-refractivity contribution in [2.45, 2.75) is 78.1 Å². The van der Waals surface area contributed by atoms with Crippen LogP contribution in [0.1, 0.15) is 87.6 Å². The summed E-state index contributed by atoms with van der Waals surface area (Å²) in [6, 6.07) is 7.66. The molecule has 1 unspecified atom stereocenters. The molecule has 0 aliphatic heterocycles. The van der Waals surface area contributed by atoms with Crippen molar-refractivity contribution in [1.82, 2.24) is 0 Å². The molecule has 0 heterocycles. The van der Waals surface area contributed by atoms with E-state index in [0.717, 1.165) is 6.42 Å². The van der Waals surface area contributed by atoms with Crippen LogP contribution in [0.15, 0.2) is 24.3 Å². The number of carbonyl (C=O) groups is 2. The number of hydrogen-bond acceptors (Lipinski definition) is 2. The monoisotopic (exact) mass is 332 g/mol. The van der Waals surface area contributed by atoms with E-state index in [9.17, 15) is 9.59 Å². The van der Waals surface area contributed by atoms with Crippen LogP contribution < -0.4 is 0 Å². The van der Waals surface area contributed by atoms with E-state index < -0.39 is 11.9 Å². The predicted molar refractivity (Wildman–Crippen MR) is 98.5 cm³/mol. The van der Waals surface area contributed by atoms with Gasteiger partial charge in [-0.3, -0.25) is 9.59 Å². The van der Waals surface area contributed by atoms with Gasteiger partial charge >= 0.3 is 5.97 Å². The molecule has 0 spiro atoms. The van der Waals surface area contributed by atoms with Gasteiger partial charge in [-0.1, -0.05) is 83.1 Å². The van der Waals surface area contributed by atoms with Crippen LogP contribution in [-0.4, -0.2) is 16.9 Å². The lowest BCUT2D eigenvalue weighted by Crippen LogP contribution is -2.14. The van der Waals surface area contributed by atoms with E-state index in [-0.39, 0.29) is 12.2 Å². The van der Waals surface area contributed by atoms with Gasteiger partial charge in [0.05, 0.1) is 5.92 Å². The van der Waals surface area contributed by atoms with Crippen LogP contribution in [0, 0.1) is 5.92 Å². The Morgan fingerprint density at radius 2 is 1.46 bits per heavy atom. The Kier molecular flexibility index (Phi) is 10.1. The minimum Gasteiger partial charge on any atom is -0.481 e. The molecule has 1 aromatic rings. The summed E-state index contributed by atoms with van der Waals surface area (Å²) >= 11 is 0. The van der Waals surface area contributed by atoms with Crippen LogP contribution in [0.4, 0.5) is 0 Å². The number of unbranched alkanes of at least 4 members (excludes halogenated alkanes) is 7. The number of Topliss-reactive ketones (excluding diaryl/α,β-unsaturated/α-hetero) is 1. The van der Waals surface area contributed by atoms with Crippen LogP contribution in [0.3, 0.4) is 0 Å². The molecule has 0 radical (unpaired) electrons. The Bertz CT molecular complexity index is 490. The van der Waals surface area contributed by atoms with E-state index in [1.807, 2.05) is 24.3 Å². The van der Waals surface area contributed by atoms with Gasteiger partial charge in [-0.15, -0.1) is 0 Å². The summed E-state index contributed by atoms with van der Waals surface area (Å²) in [4.78, 5) is 22.8. The quantitative estimate of drug-likeness (QED) is 0.374. The lowest BCUT2D eigenvalue weighted by atomic mass is 9.98. The van der Waals surface area contributed by atoms with E-state index in [1.54, 1.807) is 6.92 Å². The second-order valence-corrected chi connectivity index (χ2v) is 6.79. The number of carbonyl (C=O) groups excluding carboxylic acids is 1. The number of rotatable bonds is 13. The SMILES string of the molecule is CCCCCCCCCCc1ccc(C(=O)CC(C)C(=O)O)cc1. The molecule has 0 aromatic heterocycles. The third-order valence-corrected chi connectivity index (χ3v) is 4.51. The highest BCUT2D eigenvalue weighted by Crippen LogP contribution is 2.14. The zero-order chi connectivity index (χ0) is 17.8. The number of hydrogen-bond donors (Lipinski definition) is 1. The molecule has 0 saturated carbocycles. The van der Waals surface area contributed by atoms with Gasteiger partial charge in [-0.2, -0.15) is 0 Å². The highest BCUT2D eigenvalue weighted by molar-refractivity contribution is 5.97. The summed E-state index contributed by atoms with van der Waals surface area (Å²) < 4.78 is 0. The first-order valence-corrected chi connectivity index (χ1v) is 9.39. The third kappa shape index (κ3) is 8.28. The molecular weight excluding hydrogens is 300 g/mol. The lowest BCUT2D eigenvalue weighted by Gasteiger charge is -2.07. The van der Waals surface area contributed by atoms with Gasteiger partial charge in [0.25, 0.3) is 0 Å². The number of carboxylic acids is 1. The average molecular weight is 332 g/mol. The fourth-order valence-corrected chi connectivity index (χ4v) is 2.80. The summed E-state index contributed by atoms with van der Waals surface area (Å²) in [5, 5.41) is 8.87. The smallest absolute Gasteiger partial charge is 0.306 e.